The minimum absolute atomic E-state index is 0.0515. The third-order valence-electron chi connectivity index (χ3n) is 5.96. The first-order chi connectivity index (χ1) is 15.5. The van der Waals surface area contributed by atoms with Crippen molar-refractivity contribution in [2.24, 2.45) is 5.92 Å². The molecule has 1 amide bonds. The molecule has 0 radical (unpaired) electrons. The second kappa shape index (κ2) is 10.3. The number of aryl methyl sites for hydroxylation is 2. The maximum Gasteiger partial charge on any atom is 0.283 e. The smallest absolute Gasteiger partial charge is 0.283 e. The minimum atomic E-state index is -0.133. The third-order valence-corrected chi connectivity index (χ3v) is 6.91. The summed E-state index contributed by atoms with van der Waals surface area (Å²) in [5.41, 5.74) is 4.08. The Morgan fingerprint density at radius 1 is 1.19 bits per heavy atom. The van der Waals surface area contributed by atoms with Crippen LogP contribution in [-0.2, 0) is 17.9 Å². The average molecular weight is 451 g/mol. The molecule has 3 aromatic rings. The zero-order valence-electron chi connectivity index (χ0n) is 18.7. The quantitative estimate of drug-likeness (QED) is 0.533. The molecule has 2 heterocycles. The molecule has 32 heavy (non-hydrogen) atoms. The number of carbonyl (C=O) groups is 1. The van der Waals surface area contributed by atoms with Gasteiger partial charge in [0, 0.05) is 26.2 Å². The van der Waals surface area contributed by atoms with Crippen molar-refractivity contribution in [1.29, 1.82) is 0 Å². The molecule has 1 N–H and O–H groups in total. The number of hydrogen-bond acceptors (Lipinski definition) is 5. The van der Waals surface area contributed by atoms with Crippen molar-refractivity contribution in [3.8, 4) is 0 Å². The molecule has 0 spiro atoms. The van der Waals surface area contributed by atoms with Crippen LogP contribution in [0.2, 0.25) is 0 Å². The summed E-state index contributed by atoms with van der Waals surface area (Å²) in [7, 11) is 0. The zero-order chi connectivity index (χ0) is 22.5. The molecule has 1 atom stereocenters. The predicted octanol–water partition coefficient (Wildman–Crippen LogP) is 3.46. The summed E-state index contributed by atoms with van der Waals surface area (Å²) < 4.78 is 1.71. The molecule has 168 valence electrons. The lowest BCUT2D eigenvalue weighted by Gasteiger charge is -2.16. The average Bonchev–Trinajstić information content (AvgIpc) is 3.25. The number of thioether (sulfide) groups is 1. The molecule has 1 aliphatic heterocycles. The van der Waals surface area contributed by atoms with E-state index in [0.29, 0.717) is 24.0 Å². The molecule has 6 nitrogen and oxygen atoms in total. The Hall–Kier alpha value is -2.64. The van der Waals surface area contributed by atoms with E-state index in [1.165, 1.54) is 22.9 Å². The summed E-state index contributed by atoms with van der Waals surface area (Å²) in [6.45, 7) is 8.30. The molecule has 0 aliphatic carbocycles. The topological polar surface area (TPSA) is 67.2 Å². The number of hydrogen-bond donors (Lipinski definition) is 1. The molecule has 1 aliphatic rings. The Morgan fingerprint density at radius 2 is 1.97 bits per heavy atom. The van der Waals surface area contributed by atoms with Crippen molar-refractivity contribution in [1.82, 2.24) is 19.8 Å². The largest absolute Gasteiger partial charge is 0.355 e. The normalized spacial score (nSPS) is 16.5. The van der Waals surface area contributed by atoms with Crippen LogP contribution < -0.4 is 10.9 Å². The first-order valence-electron chi connectivity index (χ1n) is 11.2. The maximum absolute atomic E-state index is 12.7. The molecule has 1 aromatic heterocycles. The van der Waals surface area contributed by atoms with E-state index in [0.717, 1.165) is 37.1 Å². The molecule has 1 unspecified atom stereocenters. The summed E-state index contributed by atoms with van der Waals surface area (Å²) >= 11 is 1.22. The van der Waals surface area contributed by atoms with Crippen molar-refractivity contribution in [3.05, 3.63) is 70.0 Å². The standard InChI is InChI=1S/C25H30N4O2S/c1-3-29-22-7-5-4-6-21(22)27-24(25(29)31)32-17-23(30)26-14-20-12-13-28(16-20)15-19-10-8-18(2)9-11-19/h4-11,20H,3,12-17H2,1-2H3,(H,26,30). The van der Waals surface area contributed by atoms with Gasteiger partial charge in [0.15, 0.2) is 5.03 Å². The van der Waals surface area contributed by atoms with Crippen LogP contribution in [0.1, 0.15) is 24.5 Å². The van der Waals surface area contributed by atoms with Gasteiger partial charge in [-0.05, 0) is 50.4 Å². The van der Waals surface area contributed by atoms with E-state index in [-0.39, 0.29) is 17.2 Å². The van der Waals surface area contributed by atoms with Gasteiger partial charge in [0.05, 0.1) is 16.8 Å². The minimum Gasteiger partial charge on any atom is -0.355 e. The van der Waals surface area contributed by atoms with Crippen LogP contribution in [0.15, 0.2) is 58.4 Å². The van der Waals surface area contributed by atoms with E-state index >= 15 is 0 Å². The van der Waals surface area contributed by atoms with Gasteiger partial charge in [-0.15, -0.1) is 0 Å². The fraction of sp³-hybridized carbons (Fsp3) is 0.400. The summed E-state index contributed by atoms with van der Waals surface area (Å²) in [6, 6.07) is 16.3. The second-order valence-corrected chi connectivity index (χ2v) is 9.39. The molecule has 1 fully saturated rings. The predicted molar refractivity (Wildman–Crippen MR) is 130 cm³/mol. The van der Waals surface area contributed by atoms with Gasteiger partial charge in [-0.25, -0.2) is 4.98 Å². The van der Waals surface area contributed by atoms with Crippen molar-refractivity contribution < 1.29 is 4.79 Å². The SMILES string of the molecule is CCn1c(=O)c(SCC(=O)NCC2CCN(Cc3ccc(C)cc3)C2)nc2ccccc21. The van der Waals surface area contributed by atoms with Gasteiger partial charge in [0.1, 0.15) is 0 Å². The van der Waals surface area contributed by atoms with Gasteiger partial charge in [-0.2, -0.15) is 0 Å². The van der Waals surface area contributed by atoms with Crippen LogP contribution in [0.25, 0.3) is 11.0 Å². The van der Waals surface area contributed by atoms with Gasteiger partial charge in [-0.3, -0.25) is 14.5 Å². The van der Waals surface area contributed by atoms with Crippen LogP contribution >= 0.6 is 11.8 Å². The monoisotopic (exact) mass is 450 g/mol. The van der Waals surface area contributed by atoms with E-state index in [9.17, 15) is 9.59 Å². The van der Waals surface area contributed by atoms with Crippen LogP contribution in [-0.4, -0.2) is 45.7 Å². The summed E-state index contributed by atoms with van der Waals surface area (Å²) in [5.74, 6) is 0.610. The van der Waals surface area contributed by atoms with Gasteiger partial charge < -0.3 is 9.88 Å². The fourth-order valence-corrected chi connectivity index (χ4v) is 4.96. The number of benzene rings is 2. The molecule has 0 saturated carbocycles. The lowest BCUT2D eigenvalue weighted by Crippen LogP contribution is -2.32. The highest BCUT2D eigenvalue weighted by molar-refractivity contribution is 7.99. The Kier molecular flexibility index (Phi) is 7.27. The Labute approximate surface area is 193 Å². The number of amides is 1. The zero-order valence-corrected chi connectivity index (χ0v) is 19.5. The number of para-hydroxylation sites is 2. The highest BCUT2D eigenvalue weighted by Gasteiger charge is 2.23. The van der Waals surface area contributed by atoms with E-state index in [1.807, 2.05) is 31.2 Å². The molecule has 2 aromatic carbocycles. The highest BCUT2D eigenvalue weighted by Crippen LogP contribution is 2.19. The van der Waals surface area contributed by atoms with Crippen LogP contribution in [0, 0.1) is 12.8 Å². The number of carbonyl (C=O) groups excluding carboxylic acids is 1. The molecular weight excluding hydrogens is 420 g/mol. The van der Waals surface area contributed by atoms with E-state index in [4.69, 9.17) is 0 Å². The van der Waals surface area contributed by atoms with E-state index < -0.39 is 0 Å². The van der Waals surface area contributed by atoms with E-state index in [1.54, 1.807) is 4.57 Å². The number of nitrogens with one attached hydrogen (secondary N) is 1. The third kappa shape index (κ3) is 5.40. The van der Waals surface area contributed by atoms with Crippen LogP contribution in [0.5, 0.6) is 0 Å². The summed E-state index contributed by atoms with van der Waals surface area (Å²) in [6.07, 6.45) is 1.09. The number of aromatic nitrogens is 2. The maximum atomic E-state index is 12.7. The van der Waals surface area contributed by atoms with Gasteiger partial charge in [0.25, 0.3) is 5.56 Å². The van der Waals surface area contributed by atoms with Crippen molar-refractivity contribution in [3.63, 3.8) is 0 Å². The Morgan fingerprint density at radius 3 is 2.75 bits per heavy atom. The number of fused-ring (bicyclic) bond motifs is 1. The molecular formula is C25H30N4O2S. The summed E-state index contributed by atoms with van der Waals surface area (Å²) in [4.78, 5) is 32.1. The molecule has 4 rings (SSSR count). The number of nitrogens with zero attached hydrogens (tertiary/aromatic N) is 3. The first kappa shape index (κ1) is 22.6. The Balaban J connectivity index is 1.26. The van der Waals surface area contributed by atoms with E-state index in [2.05, 4.69) is 46.4 Å². The van der Waals surface area contributed by atoms with Crippen molar-refractivity contribution in [2.45, 2.75) is 38.4 Å². The van der Waals surface area contributed by atoms with Crippen molar-refractivity contribution >= 4 is 28.7 Å². The molecule has 7 heteroatoms. The highest BCUT2D eigenvalue weighted by atomic mass is 32.2. The lowest BCUT2D eigenvalue weighted by molar-refractivity contribution is -0.118. The lowest BCUT2D eigenvalue weighted by atomic mass is 10.1. The van der Waals surface area contributed by atoms with Gasteiger partial charge >= 0.3 is 0 Å². The Bertz CT molecular complexity index is 1140. The van der Waals surface area contributed by atoms with Gasteiger partial charge in [-0.1, -0.05) is 53.7 Å². The van der Waals surface area contributed by atoms with Gasteiger partial charge in [0.2, 0.25) is 5.91 Å². The number of likely N-dealkylation sites (tertiary alicyclic amines) is 1. The van der Waals surface area contributed by atoms with Crippen LogP contribution in [0.3, 0.4) is 0 Å². The first-order valence-corrected chi connectivity index (χ1v) is 12.2. The van der Waals surface area contributed by atoms with Crippen molar-refractivity contribution in [2.75, 3.05) is 25.4 Å². The molecule has 1 saturated heterocycles. The number of rotatable bonds is 8. The second-order valence-electron chi connectivity index (χ2n) is 8.42. The summed E-state index contributed by atoms with van der Waals surface area (Å²) in [5, 5.41) is 3.43. The fourth-order valence-electron chi connectivity index (χ4n) is 4.19. The molecule has 0 bridgehead atoms. The van der Waals surface area contributed by atoms with Crippen LogP contribution in [0.4, 0.5) is 0 Å².